The molecule has 0 saturated carbocycles. The third kappa shape index (κ3) is 1.70. The van der Waals surface area contributed by atoms with Gasteiger partial charge in [-0.3, -0.25) is 4.79 Å². The predicted octanol–water partition coefficient (Wildman–Crippen LogP) is 1.49. The van der Waals surface area contributed by atoms with Gasteiger partial charge in [0.05, 0.1) is 12.3 Å². The lowest BCUT2D eigenvalue weighted by Crippen LogP contribution is -2.03. The summed E-state index contributed by atoms with van der Waals surface area (Å²) in [4.78, 5) is 10.8. The summed E-state index contributed by atoms with van der Waals surface area (Å²) < 4.78 is 1.65. The molecule has 0 unspecified atom stereocenters. The van der Waals surface area contributed by atoms with Gasteiger partial charge < -0.3 is 14.8 Å². The highest BCUT2D eigenvalue weighted by Crippen LogP contribution is 2.19. The molecule has 1 heterocycles. The molecule has 2 aromatic rings. The molecular weight excluding hydrogens is 206 g/mol. The maximum atomic E-state index is 10.8. The molecule has 0 fully saturated rings. The molecule has 2 N–H and O–H groups in total. The van der Waals surface area contributed by atoms with Crippen molar-refractivity contribution in [2.75, 3.05) is 0 Å². The van der Waals surface area contributed by atoms with Crippen LogP contribution in [0.1, 0.15) is 16.2 Å². The zero-order valence-electron chi connectivity index (χ0n) is 8.50. The number of aldehydes is 1. The van der Waals surface area contributed by atoms with Gasteiger partial charge in [0.1, 0.15) is 5.75 Å². The summed E-state index contributed by atoms with van der Waals surface area (Å²) in [6, 6.07) is 9.77. The maximum absolute atomic E-state index is 10.8. The number of benzene rings is 1. The molecule has 0 aliphatic carbocycles. The number of hydrogen-bond acceptors (Lipinski definition) is 3. The minimum atomic E-state index is -0.144. The number of aromatic nitrogens is 1. The van der Waals surface area contributed by atoms with E-state index in [0.29, 0.717) is 11.4 Å². The second kappa shape index (κ2) is 4.20. The SMILES string of the molecule is O=Cc1ccc(CO)n1-c1ccc(O)cc1. The van der Waals surface area contributed by atoms with E-state index in [0.717, 1.165) is 12.0 Å². The van der Waals surface area contributed by atoms with E-state index < -0.39 is 0 Å². The van der Waals surface area contributed by atoms with E-state index >= 15 is 0 Å². The Hall–Kier alpha value is -2.07. The van der Waals surface area contributed by atoms with Crippen molar-refractivity contribution in [3.63, 3.8) is 0 Å². The topological polar surface area (TPSA) is 62.5 Å². The molecule has 4 heteroatoms. The summed E-state index contributed by atoms with van der Waals surface area (Å²) in [7, 11) is 0. The van der Waals surface area contributed by atoms with E-state index in [9.17, 15) is 9.90 Å². The minimum absolute atomic E-state index is 0.144. The van der Waals surface area contributed by atoms with Gasteiger partial charge in [-0.05, 0) is 36.4 Å². The van der Waals surface area contributed by atoms with E-state index in [2.05, 4.69) is 0 Å². The average molecular weight is 217 g/mol. The Kier molecular flexibility index (Phi) is 2.74. The van der Waals surface area contributed by atoms with Crippen LogP contribution in [0.25, 0.3) is 5.69 Å². The van der Waals surface area contributed by atoms with Crippen LogP contribution in [-0.4, -0.2) is 21.1 Å². The number of nitrogens with zero attached hydrogens (tertiary/aromatic N) is 1. The lowest BCUT2D eigenvalue weighted by molar-refractivity contribution is 0.111. The number of aromatic hydroxyl groups is 1. The summed E-state index contributed by atoms with van der Waals surface area (Å²) in [5.41, 5.74) is 1.83. The molecular formula is C12H11NO3. The molecule has 0 aliphatic heterocycles. The third-order valence-electron chi connectivity index (χ3n) is 2.38. The van der Waals surface area contributed by atoms with Crippen molar-refractivity contribution in [2.45, 2.75) is 6.61 Å². The Labute approximate surface area is 92.4 Å². The first-order valence-corrected chi connectivity index (χ1v) is 4.82. The van der Waals surface area contributed by atoms with Gasteiger partial charge in [-0.15, -0.1) is 0 Å². The normalized spacial score (nSPS) is 10.3. The first-order valence-electron chi connectivity index (χ1n) is 4.82. The summed E-state index contributed by atoms with van der Waals surface area (Å²) in [5.74, 6) is 0.161. The molecule has 0 aliphatic rings. The molecule has 0 spiro atoms. The number of phenols is 1. The molecule has 82 valence electrons. The molecule has 4 nitrogen and oxygen atoms in total. The molecule has 2 rings (SSSR count). The van der Waals surface area contributed by atoms with Crippen LogP contribution < -0.4 is 0 Å². The Morgan fingerprint density at radius 2 is 1.81 bits per heavy atom. The monoisotopic (exact) mass is 217 g/mol. The summed E-state index contributed by atoms with van der Waals surface area (Å²) in [5, 5.41) is 18.3. The van der Waals surface area contributed by atoms with Crippen molar-refractivity contribution in [1.29, 1.82) is 0 Å². The van der Waals surface area contributed by atoms with Crippen molar-refractivity contribution < 1.29 is 15.0 Å². The standard InChI is InChI=1S/C12H11NO3/c14-7-10-1-2-11(8-15)13(10)9-3-5-12(16)6-4-9/h1-7,15-16H,8H2. The summed E-state index contributed by atoms with van der Waals surface area (Å²) in [6.07, 6.45) is 0.728. The quantitative estimate of drug-likeness (QED) is 0.765. The van der Waals surface area contributed by atoms with Gasteiger partial charge >= 0.3 is 0 Å². The van der Waals surface area contributed by atoms with Crippen LogP contribution in [0.2, 0.25) is 0 Å². The predicted molar refractivity (Wildman–Crippen MR) is 58.7 cm³/mol. The molecule has 1 aromatic carbocycles. The number of rotatable bonds is 3. The third-order valence-corrected chi connectivity index (χ3v) is 2.38. The number of carbonyl (C=O) groups excluding carboxylic acids is 1. The van der Waals surface area contributed by atoms with Gasteiger partial charge in [0.15, 0.2) is 6.29 Å². The van der Waals surface area contributed by atoms with E-state index in [1.54, 1.807) is 28.8 Å². The van der Waals surface area contributed by atoms with E-state index in [1.807, 2.05) is 0 Å². The highest BCUT2D eigenvalue weighted by molar-refractivity contribution is 5.74. The lowest BCUT2D eigenvalue weighted by Gasteiger charge is -2.09. The smallest absolute Gasteiger partial charge is 0.166 e. The van der Waals surface area contributed by atoms with Crippen molar-refractivity contribution >= 4 is 6.29 Å². The zero-order valence-corrected chi connectivity index (χ0v) is 8.50. The molecule has 0 amide bonds. The molecule has 0 bridgehead atoms. The van der Waals surface area contributed by atoms with Gasteiger partial charge in [0, 0.05) is 11.4 Å². The molecule has 0 atom stereocenters. The van der Waals surface area contributed by atoms with Crippen LogP contribution in [0.3, 0.4) is 0 Å². The number of hydrogen-bond donors (Lipinski definition) is 2. The fourth-order valence-electron chi connectivity index (χ4n) is 1.63. The van der Waals surface area contributed by atoms with E-state index in [4.69, 9.17) is 5.11 Å². The van der Waals surface area contributed by atoms with Gasteiger partial charge in [-0.1, -0.05) is 0 Å². The summed E-state index contributed by atoms with van der Waals surface area (Å²) >= 11 is 0. The van der Waals surface area contributed by atoms with Crippen LogP contribution in [-0.2, 0) is 6.61 Å². The second-order valence-electron chi connectivity index (χ2n) is 3.38. The zero-order chi connectivity index (χ0) is 11.5. The van der Waals surface area contributed by atoms with Gasteiger partial charge in [-0.25, -0.2) is 0 Å². The summed E-state index contributed by atoms with van der Waals surface area (Å²) in [6.45, 7) is -0.144. The van der Waals surface area contributed by atoms with Gasteiger partial charge in [-0.2, -0.15) is 0 Å². The number of aliphatic hydroxyl groups is 1. The first kappa shape index (κ1) is 10.4. The molecule has 0 radical (unpaired) electrons. The van der Waals surface area contributed by atoms with Crippen molar-refractivity contribution in [3.8, 4) is 11.4 Å². The van der Waals surface area contributed by atoms with Crippen LogP contribution in [0, 0.1) is 0 Å². The van der Waals surface area contributed by atoms with Crippen LogP contribution in [0.5, 0.6) is 5.75 Å². The van der Waals surface area contributed by atoms with Gasteiger partial charge in [0.2, 0.25) is 0 Å². The van der Waals surface area contributed by atoms with Crippen molar-refractivity contribution in [1.82, 2.24) is 4.57 Å². The highest BCUT2D eigenvalue weighted by Gasteiger charge is 2.08. The number of aliphatic hydroxyl groups excluding tert-OH is 1. The lowest BCUT2D eigenvalue weighted by atomic mass is 10.3. The van der Waals surface area contributed by atoms with Crippen molar-refractivity contribution in [3.05, 3.63) is 47.8 Å². The average Bonchev–Trinajstić information content (AvgIpc) is 2.73. The first-order chi connectivity index (χ1) is 7.76. The van der Waals surface area contributed by atoms with Crippen LogP contribution >= 0.6 is 0 Å². The van der Waals surface area contributed by atoms with Crippen LogP contribution in [0.15, 0.2) is 36.4 Å². The second-order valence-corrected chi connectivity index (χ2v) is 3.38. The Balaban J connectivity index is 2.57. The van der Waals surface area contributed by atoms with Gasteiger partial charge in [0.25, 0.3) is 0 Å². The number of carbonyl (C=O) groups is 1. The van der Waals surface area contributed by atoms with E-state index in [1.165, 1.54) is 12.1 Å². The Morgan fingerprint density at radius 1 is 1.12 bits per heavy atom. The highest BCUT2D eigenvalue weighted by atomic mass is 16.3. The fraction of sp³-hybridized carbons (Fsp3) is 0.0833. The maximum Gasteiger partial charge on any atom is 0.166 e. The molecule has 16 heavy (non-hydrogen) atoms. The number of phenolic OH excluding ortho intramolecular Hbond substituents is 1. The fourth-order valence-corrected chi connectivity index (χ4v) is 1.63. The largest absolute Gasteiger partial charge is 0.508 e. The van der Waals surface area contributed by atoms with Crippen LogP contribution in [0.4, 0.5) is 0 Å². The van der Waals surface area contributed by atoms with E-state index in [-0.39, 0.29) is 12.4 Å². The Bertz CT molecular complexity index is 499. The minimum Gasteiger partial charge on any atom is -0.508 e. The Morgan fingerprint density at radius 3 is 2.38 bits per heavy atom. The molecule has 0 saturated heterocycles. The molecule has 1 aromatic heterocycles. The van der Waals surface area contributed by atoms with Crippen molar-refractivity contribution in [2.24, 2.45) is 0 Å².